The van der Waals surface area contributed by atoms with Gasteiger partial charge in [-0.25, -0.2) is 0 Å². The lowest BCUT2D eigenvalue weighted by Gasteiger charge is -2.23. The van der Waals surface area contributed by atoms with Gasteiger partial charge in [-0.1, -0.05) is 235 Å². The second-order valence-electron chi connectivity index (χ2n) is 17.4. The van der Waals surface area contributed by atoms with E-state index in [2.05, 4.69) is 118 Å². The molecule has 0 radical (unpaired) electrons. The summed E-state index contributed by atoms with van der Waals surface area (Å²) in [6.45, 7) is 6.92. The molecular formula is C55H82N2. The lowest BCUT2D eigenvalue weighted by Crippen LogP contribution is -2.06. The molecule has 0 amide bonds. The van der Waals surface area contributed by atoms with Crippen LogP contribution in [0.2, 0.25) is 0 Å². The largest absolute Gasteiger partial charge is 0.399 e. The number of anilines is 2. The number of rotatable bonds is 31. The van der Waals surface area contributed by atoms with Crippen LogP contribution < -0.4 is 11.5 Å². The van der Waals surface area contributed by atoms with Crippen molar-refractivity contribution in [1.82, 2.24) is 0 Å². The van der Waals surface area contributed by atoms with Crippen LogP contribution in [-0.4, -0.2) is 0 Å². The van der Waals surface area contributed by atoms with Crippen LogP contribution in [0.3, 0.4) is 0 Å². The van der Waals surface area contributed by atoms with E-state index in [4.69, 9.17) is 11.5 Å². The molecule has 4 aromatic rings. The van der Waals surface area contributed by atoms with E-state index < -0.39 is 0 Å². The van der Waals surface area contributed by atoms with Crippen LogP contribution in [0.5, 0.6) is 0 Å². The zero-order chi connectivity index (χ0) is 40.3. The summed E-state index contributed by atoms with van der Waals surface area (Å²) >= 11 is 0. The first-order chi connectivity index (χ1) is 28.0. The van der Waals surface area contributed by atoms with Crippen LogP contribution in [0.4, 0.5) is 11.4 Å². The monoisotopic (exact) mass is 771 g/mol. The molecule has 0 aliphatic carbocycles. The molecule has 4 aromatic carbocycles. The Kier molecular flexibility index (Phi) is 22.7. The lowest BCUT2D eigenvalue weighted by atomic mass is 9.82. The predicted octanol–water partition coefficient (Wildman–Crippen LogP) is 17.1. The summed E-state index contributed by atoms with van der Waals surface area (Å²) in [5.74, 6) is 1.22. The molecule has 2 heteroatoms. The Hall–Kier alpha value is -3.52. The van der Waals surface area contributed by atoms with Crippen molar-refractivity contribution in [2.24, 2.45) is 0 Å². The molecule has 2 nitrogen and oxygen atoms in total. The number of nitrogen functional groups attached to an aromatic ring is 2. The maximum absolute atomic E-state index is 6.13. The Labute approximate surface area is 351 Å². The molecule has 312 valence electrons. The van der Waals surface area contributed by atoms with Gasteiger partial charge in [0, 0.05) is 29.1 Å². The summed E-state index contributed by atoms with van der Waals surface area (Å²) in [5.41, 5.74) is 22.5. The van der Waals surface area contributed by atoms with Gasteiger partial charge in [-0.2, -0.15) is 0 Å². The van der Waals surface area contributed by atoms with Crippen molar-refractivity contribution < 1.29 is 0 Å². The minimum Gasteiger partial charge on any atom is -0.399 e. The average molecular weight is 771 g/mol. The molecule has 0 spiro atoms. The van der Waals surface area contributed by atoms with Crippen molar-refractivity contribution in [3.8, 4) is 0 Å². The van der Waals surface area contributed by atoms with Gasteiger partial charge in [0.15, 0.2) is 0 Å². The smallest absolute Gasteiger partial charge is 0.0314 e. The zero-order valence-electron chi connectivity index (χ0n) is 36.8. The molecule has 4 N–H and O–H groups in total. The van der Waals surface area contributed by atoms with E-state index in [1.165, 1.54) is 194 Å². The van der Waals surface area contributed by atoms with Crippen molar-refractivity contribution in [3.05, 3.63) is 130 Å². The fraction of sp³-hybridized carbons (Fsp3) is 0.564. The van der Waals surface area contributed by atoms with E-state index >= 15 is 0 Å². The first-order valence-electron chi connectivity index (χ1n) is 23.9. The lowest BCUT2D eigenvalue weighted by molar-refractivity contribution is 0.540. The summed E-state index contributed by atoms with van der Waals surface area (Å²) in [6.07, 6.45) is 33.4. The van der Waals surface area contributed by atoms with Gasteiger partial charge in [0.1, 0.15) is 0 Å². The number of hydrogen-bond donors (Lipinski definition) is 2. The first kappa shape index (κ1) is 46.2. The molecular weight excluding hydrogens is 689 g/mol. The van der Waals surface area contributed by atoms with Crippen molar-refractivity contribution in [3.63, 3.8) is 0 Å². The normalized spacial score (nSPS) is 13.1. The number of benzene rings is 4. The van der Waals surface area contributed by atoms with E-state index in [9.17, 15) is 0 Å². The molecule has 2 atom stereocenters. The molecule has 4 rings (SSSR count). The molecule has 2 unspecified atom stereocenters. The highest BCUT2D eigenvalue weighted by Gasteiger charge is 2.20. The van der Waals surface area contributed by atoms with E-state index in [0.717, 1.165) is 11.4 Å². The second kappa shape index (κ2) is 28.0. The quantitative estimate of drug-likeness (QED) is 0.0395. The fourth-order valence-electron chi connectivity index (χ4n) is 9.04. The van der Waals surface area contributed by atoms with Crippen LogP contribution in [0.1, 0.15) is 232 Å². The van der Waals surface area contributed by atoms with E-state index in [1.54, 1.807) is 0 Å². The van der Waals surface area contributed by atoms with Gasteiger partial charge in [-0.15, -0.1) is 0 Å². The molecule has 0 aliphatic heterocycles. The SMILES string of the molecule is CCCCCCCCCCCCC(c1ccc(N)cc1)c1ccc(C(CCCC)c2ccc(C(CCCCCCCCCCCC)c3ccc(N)cc3)cc2)cc1. The Balaban J connectivity index is 1.41. The van der Waals surface area contributed by atoms with Crippen LogP contribution in [0.25, 0.3) is 0 Å². The standard InChI is InChI=1S/C55H82N2/c1-4-7-10-12-14-16-18-20-22-24-27-54(49-37-41-51(56)42-38-49)47-33-29-45(30-34-47)53(26-9-6-3)46-31-35-48(36-32-46)55(50-39-43-52(57)44-40-50)28-25-23-21-19-17-15-13-11-8-5-2/h29-44,53-55H,4-28,56-57H2,1-3H3. The maximum atomic E-state index is 6.13. The van der Waals surface area contributed by atoms with E-state index in [0.29, 0.717) is 17.8 Å². The molecule has 0 heterocycles. The first-order valence-corrected chi connectivity index (χ1v) is 23.9. The number of hydrogen-bond acceptors (Lipinski definition) is 2. The summed E-state index contributed by atoms with van der Waals surface area (Å²) in [7, 11) is 0. The Bertz CT molecular complexity index is 1440. The van der Waals surface area contributed by atoms with E-state index in [1.807, 2.05) is 0 Å². The minimum absolute atomic E-state index is 0.405. The van der Waals surface area contributed by atoms with Gasteiger partial charge in [-0.05, 0) is 76.9 Å². The summed E-state index contributed by atoms with van der Waals surface area (Å²) in [6, 6.07) is 36.8. The second-order valence-corrected chi connectivity index (χ2v) is 17.4. The van der Waals surface area contributed by atoms with Crippen molar-refractivity contribution in [2.45, 2.75) is 199 Å². The Morgan fingerprint density at radius 3 is 0.702 bits per heavy atom. The highest BCUT2D eigenvalue weighted by molar-refractivity contribution is 5.45. The van der Waals surface area contributed by atoms with Gasteiger partial charge < -0.3 is 11.5 Å². The maximum Gasteiger partial charge on any atom is 0.0314 e. The third-order valence-corrected chi connectivity index (χ3v) is 12.7. The molecule has 57 heavy (non-hydrogen) atoms. The van der Waals surface area contributed by atoms with Crippen LogP contribution in [0, 0.1) is 0 Å². The third kappa shape index (κ3) is 17.1. The molecule has 0 saturated carbocycles. The topological polar surface area (TPSA) is 52.0 Å². The highest BCUT2D eigenvalue weighted by Crippen LogP contribution is 2.37. The molecule has 0 fully saturated rings. The van der Waals surface area contributed by atoms with Gasteiger partial charge >= 0.3 is 0 Å². The van der Waals surface area contributed by atoms with Gasteiger partial charge in [-0.3, -0.25) is 0 Å². The zero-order valence-corrected chi connectivity index (χ0v) is 36.8. The van der Waals surface area contributed by atoms with Crippen molar-refractivity contribution in [2.75, 3.05) is 11.5 Å². The van der Waals surface area contributed by atoms with Crippen molar-refractivity contribution >= 4 is 11.4 Å². The van der Waals surface area contributed by atoms with Crippen LogP contribution in [0.15, 0.2) is 97.1 Å². The van der Waals surface area contributed by atoms with Crippen LogP contribution >= 0.6 is 0 Å². The summed E-state index contributed by atoms with van der Waals surface area (Å²) in [4.78, 5) is 0. The summed E-state index contributed by atoms with van der Waals surface area (Å²) in [5, 5.41) is 0. The van der Waals surface area contributed by atoms with Crippen LogP contribution in [-0.2, 0) is 0 Å². The summed E-state index contributed by atoms with van der Waals surface area (Å²) < 4.78 is 0. The average Bonchev–Trinajstić information content (AvgIpc) is 3.24. The molecule has 0 saturated heterocycles. The van der Waals surface area contributed by atoms with Gasteiger partial charge in [0.2, 0.25) is 0 Å². The third-order valence-electron chi connectivity index (χ3n) is 12.7. The van der Waals surface area contributed by atoms with E-state index in [-0.39, 0.29) is 0 Å². The predicted molar refractivity (Wildman–Crippen MR) is 253 cm³/mol. The number of nitrogens with two attached hydrogens (primary N) is 2. The number of unbranched alkanes of at least 4 members (excludes halogenated alkanes) is 19. The molecule has 0 aliphatic rings. The minimum atomic E-state index is 0.405. The Morgan fingerprint density at radius 1 is 0.263 bits per heavy atom. The fourth-order valence-corrected chi connectivity index (χ4v) is 9.04. The molecule has 0 bridgehead atoms. The van der Waals surface area contributed by atoms with Crippen molar-refractivity contribution in [1.29, 1.82) is 0 Å². The Morgan fingerprint density at radius 2 is 0.456 bits per heavy atom. The molecule has 0 aromatic heterocycles. The van der Waals surface area contributed by atoms with Gasteiger partial charge in [0.25, 0.3) is 0 Å². The highest BCUT2D eigenvalue weighted by atomic mass is 14.5. The van der Waals surface area contributed by atoms with Gasteiger partial charge in [0.05, 0.1) is 0 Å².